The Morgan fingerprint density at radius 2 is 2.00 bits per heavy atom. The van der Waals surface area contributed by atoms with Gasteiger partial charge in [-0.05, 0) is 33.0 Å². The lowest BCUT2D eigenvalue weighted by Crippen LogP contribution is -2.27. The molecule has 0 aliphatic heterocycles. The fourth-order valence-electron chi connectivity index (χ4n) is 3.28. The molecule has 0 spiro atoms. The number of nitrogens with zero attached hydrogens (tertiary/aromatic N) is 6. The Bertz CT molecular complexity index is 953. The van der Waals surface area contributed by atoms with Crippen LogP contribution >= 0.6 is 0 Å². The van der Waals surface area contributed by atoms with Gasteiger partial charge in [0.1, 0.15) is 0 Å². The van der Waals surface area contributed by atoms with Crippen LogP contribution in [-0.4, -0.2) is 55.0 Å². The predicted octanol–water partition coefficient (Wildman–Crippen LogP) is 2.38. The molecule has 0 fully saturated rings. The van der Waals surface area contributed by atoms with Crippen molar-refractivity contribution in [2.75, 3.05) is 25.0 Å². The number of anilines is 1. The molecule has 1 amide bonds. The van der Waals surface area contributed by atoms with E-state index in [1.807, 2.05) is 31.8 Å². The Kier molecular flexibility index (Phi) is 5.55. The SMILES string of the molecule is CCN(CC)CCn1cc(NC(=O)c2cc(C)nc3c2c(C)nn3C)cn1. The van der Waals surface area contributed by atoms with E-state index in [-0.39, 0.29) is 5.91 Å². The van der Waals surface area contributed by atoms with E-state index in [0.717, 1.165) is 43.0 Å². The van der Waals surface area contributed by atoms with E-state index in [0.29, 0.717) is 16.9 Å². The third-order valence-corrected chi connectivity index (χ3v) is 4.77. The van der Waals surface area contributed by atoms with Crippen LogP contribution in [0.2, 0.25) is 0 Å². The Labute approximate surface area is 159 Å². The number of nitrogens with one attached hydrogen (secondary N) is 1. The van der Waals surface area contributed by atoms with E-state index in [1.165, 1.54) is 0 Å². The highest BCUT2D eigenvalue weighted by atomic mass is 16.1. The molecule has 0 aliphatic rings. The molecule has 8 nitrogen and oxygen atoms in total. The number of likely N-dealkylation sites (N-methyl/N-ethyl adjacent to an activating group) is 1. The maximum atomic E-state index is 12.9. The van der Waals surface area contributed by atoms with E-state index in [2.05, 4.69) is 39.2 Å². The quantitative estimate of drug-likeness (QED) is 0.691. The van der Waals surface area contributed by atoms with E-state index >= 15 is 0 Å². The molecule has 144 valence electrons. The van der Waals surface area contributed by atoms with Crippen LogP contribution in [0.1, 0.15) is 35.6 Å². The maximum Gasteiger partial charge on any atom is 0.256 e. The highest BCUT2D eigenvalue weighted by Gasteiger charge is 2.18. The van der Waals surface area contributed by atoms with Crippen molar-refractivity contribution in [1.29, 1.82) is 0 Å². The lowest BCUT2D eigenvalue weighted by atomic mass is 10.1. The molecule has 0 aromatic carbocycles. The lowest BCUT2D eigenvalue weighted by Gasteiger charge is -2.17. The van der Waals surface area contributed by atoms with E-state index in [4.69, 9.17) is 0 Å². The number of aromatic nitrogens is 5. The standard InChI is InChI=1S/C19H27N7O/c1-6-25(7-2)8-9-26-12-15(11-20-26)22-19(27)16-10-13(3)21-18-17(16)14(4)23-24(18)5/h10-12H,6-9H2,1-5H3,(H,22,27). The molecule has 0 bridgehead atoms. The topological polar surface area (TPSA) is 80.9 Å². The maximum absolute atomic E-state index is 12.9. The second-order valence-corrected chi connectivity index (χ2v) is 6.69. The van der Waals surface area contributed by atoms with Crippen molar-refractivity contribution in [3.8, 4) is 0 Å². The first-order chi connectivity index (χ1) is 12.9. The summed E-state index contributed by atoms with van der Waals surface area (Å²) in [5.74, 6) is -0.176. The smallest absolute Gasteiger partial charge is 0.256 e. The van der Waals surface area contributed by atoms with Crippen molar-refractivity contribution in [2.24, 2.45) is 7.05 Å². The number of pyridine rings is 1. The second kappa shape index (κ2) is 7.87. The first-order valence-electron chi connectivity index (χ1n) is 9.30. The van der Waals surface area contributed by atoms with Gasteiger partial charge >= 0.3 is 0 Å². The van der Waals surface area contributed by atoms with Gasteiger partial charge < -0.3 is 10.2 Å². The summed E-state index contributed by atoms with van der Waals surface area (Å²) >= 11 is 0. The zero-order valence-corrected chi connectivity index (χ0v) is 16.7. The number of hydrogen-bond donors (Lipinski definition) is 1. The highest BCUT2D eigenvalue weighted by molar-refractivity contribution is 6.12. The molecule has 0 saturated carbocycles. The van der Waals surface area contributed by atoms with Crippen LogP contribution in [0.3, 0.4) is 0 Å². The molecule has 3 rings (SSSR count). The summed E-state index contributed by atoms with van der Waals surface area (Å²) in [6, 6.07) is 1.80. The number of rotatable bonds is 7. The number of fused-ring (bicyclic) bond motifs is 1. The van der Waals surface area contributed by atoms with Crippen molar-refractivity contribution in [3.63, 3.8) is 0 Å². The van der Waals surface area contributed by atoms with Gasteiger partial charge in [-0.3, -0.25) is 14.2 Å². The Hall–Kier alpha value is -2.74. The summed E-state index contributed by atoms with van der Waals surface area (Å²) < 4.78 is 3.57. The first kappa shape index (κ1) is 19.0. The minimum atomic E-state index is -0.176. The van der Waals surface area contributed by atoms with Gasteiger partial charge in [-0.15, -0.1) is 0 Å². The molecular weight excluding hydrogens is 342 g/mol. The van der Waals surface area contributed by atoms with Gasteiger partial charge in [-0.25, -0.2) is 4.98 Å². The number of aryl methyl sites for hydroxylation is 3. The first-order valence-corrected chi connectivity index (χ1v) is 9.30. The molecule has 0 saturated heterocycles. The van der Waals surface area contributed by atoms with E-state index < -0.39 is 0 Å². The van der Waals surface area contributed by atoms with Crippen LogP contribution in [-0.2, 0) is 13.6 Å². The molecule has 27 heavy (non-hydrogen) atoms. The number of carbonyl (C=O) groups is 1. The fourth-order valence-corrected chi connectivity index (χ4v) is 3.28. The molecule has 3 aromatic heterocycles. The summed E-state index contributed by atoms with van der Waals surface area (Å²) in [7, 11) is 1.84. The molecule has 0 aliphatic carbocycles. The van der Waals surface area contributed by atoms with Crippen LogP contribution in [0.25, 0.3) is 11.0 Å². The Balaban J connectivity index is 1.78. The largest absolute Gasteiger partial charge is 0.319 e. The van der Waals surface area contributed by atoms with Crippen LogP contribution in [0.15, 0.2) is 18.5 Å². The number of amides is 1. The van der Waals surface area contributed by atoms with E-state index in [1.54, 1.807) is 16.9 Å². The van der Waals surface area contributed by atoms with Crippen molar-refractivity contribution in [1.82, 2.24) is 29.4 Å². The second-order valence-electron chi connectivity index (χ2n) is 6.69. The van der Waals surface area contributed by atoms with Gasteiger partial charge in [0.2, 0.25) is 0 Å². The third kappa shape index (κ3) is 4.00. The van der Waals surface area contributed by atoms with Crippen LogP contribution in [0, 0.1) is 13.8 Å². The molecule has 1 N–H and O–H groups in total. The van der Waals surface area contributed by atoms with Gasteiger partial charge in [0.15, 0.2) is 5.65 Å². The summed E-state index contributed by atoms with van der Waals surface area (Å²) in [5.41, 5.74) is 3.56. The van der Waals surface area contributed by atoms with Crippen molar-refractivity contribution in [3.05, 3.63) is 35.4 Å². The lowest BCUT2D eigenvalue weighted by molar-refractivity contribution is 0.102. The van der Waals surface area contributed by atoms with Crippen molar-refractivity contribution in [2.45, 2.75) is 34.2 Å². The van der Waals surface area contributed by atoms with Crippen LogP contribution in [0.5, 0.6) is 0 Å². The fraction of sp³-hybridized carbons (Fsp3) is 0.474. The normalized spacial score (nSPS) is 11.5. The Morgan fingerprint density at radius 1 is 1.26 bits per heavy atom. The molecule has 0 atom stereocenters. The summed E-state index contributed by atoms with van der Waals surface area (Å²) in [6.45, 7) is 11.8. The van der Waals surface area contributed by atoms with Crippen molar-refractivity contribution >= 4 is 22.6 Å². The highest BCUT2D eigenvalue weighted by Crippen LogP contribution is 2.22. The minimum absolute atomic E-state index is 0.176. The summed E-state index contributed by atoms with van der Waals surface area (Å²) in [5, 5.41) is 12.5. The third-order valence-electron chi connectivity index (χ3n) is 4.77. The van der Waals surface area contributed by atoms with Gasteiger partial charge in [0.05, 0.1) is 35.1 Å². The van der Waals surface area contributed by atoms with Gasteiger partial charge in [-0.1, -0.05) is 13.8 Å². The monoisotopic (exact) mass is 369 g/mol. The van der Waals surface area contributed by atoms with Gasteiger partial charge in [0, 0.05) is 25.5 Å². The van der Waals surface area contributed by atoms with Gasteiger partial charge in [-0.2, -0.15) is 10.2 Å². The molecule has 3 heterocycles. The van der Waals surface area contributed by atoms with Crippen LogP contribution < -0.4 is 5.32 Å². The van der Waals surface area contributed by atoms with Gasteiger partial charge in [0.25, 0.3) is 5.91 Å². The molecule has 0 unspecified atom stereocenters. The Morgan fingerprint density at radius 3 is 2.70 bits per heavy atom. The number of hydrogen-bond acceptors (Lipinski definition) is 5. The van der Waals surface area contributed by atoms with Crippen LogP contribution in [0.4, 0.5) is 5.69 Å². The number of carbonyl (C=O) groups excluding carboxylic acids is 1. The molecule has 0 radical (unpaired) electrons. The van der Waals surface area contributed by atoms with E-state index in [9.17, 15) is 4.79 Å². The molecule has 8 heteroatoms. The summed E-state index contributed by atoms with van der Waals surface area (Å²) in [6.07, 6.45) is 3.55. The molecular formula is C19H27N7O. The average molecular weight is 369 g/mol. The van der Waals surface area contributed by atoms with Crippen molar-refractivity contribution < 1.29 is 4.79 Å². The zero-order valence-electron chi connectivity index (χ0n) is 16.7. The summed E-state index contributed by atoms with van der Waals surface area (Å²) in [4.78, 5) is 19.7. The predicted molar refractivity (Wildman–Crippen MR) is 106 cm³/mol. The molecule has 3 aromatic rings. The minimum Gasteiger partial charge on any atom is -0.319 e. The zero-order chi connectivity index (χ0) is 19.6. The average Bonchev–Trinajstić information content (AvgIpc) is 3.19.